The molecule has 0 aromatic heterocycles. The third kappa shape index (κ3) is 5.68. The van der Waals surface area contributed by atoms with Crippen molar-refractivity contribution in [2.45, 2.75) is 12.5 Å². The van der Waals surface area contributed by atoms with Gasteiger partial charge in [0.1, 0.15) is 0 Å². The number of hydrogen-bond acceptors (Lipinski definition) is 3. The predicted molar refractivity (Wildman–Crippen MR) is 170 cm³/mol. The van der Waals surface area contributed by atoms with E-state index in [9.17, 15) is 0 Å². The van der Waals surface area contributed by atoms with Gasteiger partial charge in [0.05, 0.1) is 0 Å². The van der Waals surface area contributed by atoms with Crippen LogP contribution in [0.3, 0.4) is 0 Å². The second-order valence-corrected chi connectivity index (χ2v) is 10.5. The Labute approximate surface area is 233 Å². The molecule has 196 valence electrons. The highest BCUT2D eigenvalue weighted by atomic mass is 15.1. The third-order valence-corrected chi connectivity index (χ3v) is 7.45. The number of fused-ring (bicyclic) bond motifs is 1. The minimum atomic E-state index is 0.114. The summed E-state index contributed by atoms with van der Waals surface area (Å²) in [6.45, 7) is 4.62. The van der Waals surface area contributed by atoms with Crippen LogP contribution in [0.5, 0.6) is 0 Å². The molecule has 5 rings (SSSR count). The highest BCUT2D eigenvalue weighted by Gasteiger charge is 2.20. The average molecular weight is 512 g/mol. The van der Waals surface area contributed by atoms with Crippen molar-refractivity contribution in [1.29, 1.82) is 0 Å². The topological polar surface area (TPSA) is 18.5 Å². The SMILES string of the molecule is C=Cc1ccc(CNc2ccc(C(c3ccc(N(C)C)cc3)c3ccc(N(C)C)cc3)c3ccccc23)cc1. The first-order valence-electron chi connectivity index (χ1n) is 13.5. The highest BCUT2D eigenvalue weighted by molar-refractivity contribution is 5.97. The Morgan fingerprint density at radius 2 is 1.18 bits per heavy atom. The number of anilines is 3. The maximum Gasteiger partial charge on any atom is 0.0422 e. The summed E-state index contributed by atoms with van der Waals surface area (Å²) in [6.07, 6.45) is 1.88. The van der Waals surface area contributed by atoms with Crippen LogP contribution in [0, 0.1) is 0 Å². The van der Waals surface area contributed by atoms with E-state index in [-0.39, 0.29) is 5.92 Å². The molecular formula is C36H37N3. The summed E-state index contributed by atoms with van der Waals surface area (Å²) in [5.74, 6) is 0.114. The van der Waals surface area contributed by atoms with Crippen LogP contribution in [0.2, 0.25) is 0 Å². The van der Waals surface area contributed by atoms with Gasteiger partial charge in [0.2, 0.25) is 0 Å². The third-order valence-electron chi connectivity index (χ3n) is 7.45. The Bertz CT molecular complexity index is 1500. The maximum absolute atomic E-state index is 3.86. The fourth-order valence-corrected chi connectivity index (χ4v) is 5.18. The summed E-state index contributed by atoms with van der Waals surface area (Å²) >= 11 is 0. The molecule has 0 unspecified atom stereocenters. The molecule has 0 amide bonds. The number of hydrogen-bond donors (Lipinski definition) is 1. The zero-order valence-corrected chi connectivity index (χ0v) is 23.4. The van der Waals surface area contributed by atoms with E-state index in [0.29, 0.717) is 0 Å². The molecule has 0 aliphatic heterocycles. The van der Waals surface area contributed by atoms with E-state index in [0.717, 1.165) is 17.8 Å². The van der Waals surface area contributed by atoms with Crippen molar-refractivity contribution < 1.29 is 0 Å². The van der Waals surface area contributed by atoms with E-state index in [1.54, 1.807) is 0 Å². The lowest BCUT2D eigenvalue weighted by Crippen LogP contribution is -2.10. The largest absolute Gasteiger partial charge is 0.380 e. The molecule has 0 aliphatic carbocycles. The van der Waals surface area contributed by atoms with E-state index in [1.165, 1.54) is 44.4 Å². The number of nitrogens with one attached hydrogen (secondary N) is 1. The van der Waals surface area contributed by atoms with Crippen molar-refractivity contribution in [3.05, 3.63) is 144 Å². The molecule has 5 aromatic rings. The van der Waals surface area contributed by atoms with Crippen LogP contribution in [0.15, 0.2) is 116 Å². The molecule has 0 radical (unpaired) electrons. The first kappa shape index (κ1) is 26.1. The fraction of sp³-hybridized carbons (Fsp3) is 0.167. The van der Waals surface area contributed by atoms with Gasteiger partial charge < -0.3 is 15.1 Å². The van der Waals surface area contributed by atoms with Gasteiger partial charge >= 0.3 is 0 Å². The molecule has 0 heterocycles. The lowest BCUT2D eigenvalue weighted by molar-refractivity contribution is 0.984. The molecule has 0 spiro atoms. The lowest BCUT2D eigenvalue weighted by Gasteiger charge is -2.24. The Morgan fingerprint density at radius 3 is 1.69 bits per heavy atom. The number of rotatable bonds is 9. The van der Waals surface area contributed by atoms with Crippen molar-refractivity contribution in [3.63, 3.8) is 0 Å². The molecule has 1 N–H and O–H groups in total. The lowest BCUT2D eigenvalue weighted by atomic mass is 9.82. The number of benzene rings is 5. The zero-order chi connectivity index (χ0) is 27.4. The molecule has 3 heteroatoms. The van der Waals surface area contributed by atoms with Crippen LogP contribution in [0.25, 0.3) is 16.8 Å². The minimum Gasteiger partial charge on any atom is -0.380 e. The van der Waals surface area contributed by atoms with Crippen LogP contribution in [0.1, 0.15) is 33.7 Å². The van der Waals surface area contributed by atoms with E-state index in [2.05, 4.69) is 159 Å². The molecule has 0 saturated carbocycles. The Hall–Kier alpha value is -4.50. The van der Waals surface area contributed by atoms with Gasteiger partial charge in [-0.2, -0.15) is 0 Å². The molecule has 39 heavy (non-hydrogen) atoms. The summed E-state index contributed by atoms with van der Waals surface area (Å²) < 4.78 is 0. The van der Waals surface area contributed by atoms with Crippen molar-refractivity contribution in [2.75, 3.05) is 43.3 Å². The van der Waals surface area contributed by atoms with E-state index >= 15 is 0 Å². The van der Waals surface area contributed by atoms with Gasteiger partial charge in [-0.15, -0.1) is 0 Å². The Balaban J connectivity index is 1.57. The maximum atomic E-state index is 3.86. The van der Waals surface area contributed by atoms with Crippen molar-refractivity contribution in [3.8, 4) is 0 Å². The molecule has 0 aliphatic rings. The predicted octanol–water partition coefficient (Wildman–Crippen LogP) is 8.41. The van der Waals surface area contributed by atoms with Gasteiger partial charge in [0, 0.05) is 63.1 Å². The van der Waals surface area contributed by atoms with Crippen LogP contribution in [-0.2, 0) is 6.54 Å². The summed E-state index contributed by atoms with van der Waals surface area (Å²) in [5.41, 5.74) is 9.80. The minimum absolute atomic E-state index is 0.114. The zero-order valence-electron chi connectivity index (χ0n) is 23.4. The van der Waals surface area contributed by atoms with Gasteiger partial charge in [0.15, 0.2) is 0 Å². The second kappa shape index (κ2) is 11.5. The first-order valence-corrected chi connectivity index (χ1v) is 13.5. The summed E-state index contributed by atoms with van der Waals surface area (Å²) in [5, 5.41) is 6.19. The molecule has 0 atom stereocenters. The quantitative estimate of drug-likeness (QED) is 0.200. The van der Waals surface area contributed by atoms with Crippen LogP contribution in [0.4, 0.5) is 17.1 Å². The molecule has 0 saturated heterocycles. The smallest absolute Gasteiger partial charge is 0.0422 e. The van der Waals surface area contributed by atoms with E-state index in [4.69, 9.17) is 0 Å². The Kier molecular flexibility index (Phi) is 7.69. The van der Waals surface area contributed by atoms with Gasteiger partial charge in [-0.25, -0.2) is 0 Å². The molecule has 5 aromatic carbocycles. The molecule has 0 bridgehead atoms. The molecular weight excluding hydrogens is 474 g/mol. The average Bonchev–Trinajstić information content (AvgIpc) is 2.97. The highest BCUT2D eigenvalue weighted by Crippen LogP contribution is 2.39. The van der Waals surface area contributed by atoms with Crippen molar-refractivity contribution in [1.82, 2.24) is 0 Å². The first-order chi connectivity index (χ1) is 18.9. The fourth-order valence-electron chi connectivity index (χ4n) is 5.18. The van der Waals surface area contributed by atoms with E-state index < -0.39 is 0 Å². The van der Waals surface area contributed by atoms with Gasteiger partial charge in [0.25, 0.3) is 0 Å². The number of nitrogens with zero attached hydrogens (tertiary/aromatic N) is 2. The van der Waals surface area contributed by atoms with Crippen LogP contribution in [-0.4, -0.2) is 28.2 Å². The van der Waals surface area contributed by atoms with Gasteiger partial charge in [-0.3, -0.25) is 0 Å². The second-order valence-electron chi connectivity index (χ2n) is 10.5. The van der Waals surface area contributed by atoms with Crippen LogP contribution >= 0.6 is 0 Å². The van der Waals surface area contributed by atoms with Crippen LogP contribution < -0.4 is 15.1 Å². The standard InChI is InChI=1S/C36H37N3/c1-6-26-11-13-27(14-12-26)25-37-35-24-23-34(32-9-7-8-10-33(32)35)36(28-15-19-30(20-16-28)38(2)3)29-17-21-31(22-18-29)39(4)5/h6-24,36-37H,1,25H2,2-5H3. The normalized spacial score (nSPS) is 11.0. The monoisotopic (exact) mass is 511 g/mol. The Morgan fingerprint density at radius 1 is 0.641 bits per heavy atom. The summed E-state index contributed by atoms with van der Waals surface area (Å²) in [7, 11) is 8.33. The van der Waals surface area contributed by atoms with E-state index in [1.807, 2.05) is 6.08 Å². The summed E-state index contributed by atoms with van der Waals surface area (Å²) in [4.78, 5) is 4.29. The van der Waals surface area contributed by atoms with Gasteiger partial charge in [-0.1, -0.05) is 91.5 Å². The van der Waals surface area contributed by atoms with Crippen molar-refractivity contribution in [2.24, 2.45) is 0 Å². The summed E-state index contributed by atoms with van der Waals surface area (Å²) in [6, 6.07) is 39.8. The molecule has 3 nitrogen and oxygen atoms in total. The van der Waals surface area contributed by atoms with Crippen molar-refractivity contribution >= 4 is 33.9 Å². The van der Waals surface area contributed by atoms with Gasteiger partial charge in [-0.05, 0) is 63.5 Å². The molecule has 0 fully saturated rings.